The quantitative estimate of drug-likeness (QED) is 0.933. The van der Waals surface area contributed by atoms with E-state index in [1.807, 2.05) is 6.07 Å². The van der Waals surface area contributed by atoms with Gasteiger partial charge >= 0.3 is 5.97 Å². The normalized spacial score (nSPS) is 15.6. The first kappa shape index (κ1) is 15.8. The van der Waals surface area contributed by atoms with Crippen molar-refractivity contribution in [1.29, 1.82) is 0 Å². The van der Waals surface area contributed by atoms with Crippen molar-refractivity contribution in [3.05, 3.63) is 64.7 Å². The molecule has 1 saturated heterocycles. The summed E-state index contributed by atoms with van der Waals surface area (Å²) in [5.74, 6) is -0.925. The Labute approximate surface area is 140 Å². The van der Waals surface area contributed by atoms with Gasteiger partial charge < -0.3 is 10.0 Å². The van der Waals surface area contributed by atoms with Crippen LogP contribution in [0.1, 0.15) is 15.9 Å². The lowest BCUT2D eigenvalue weighted by atomic mass is 10.1. The molecule has 1 N–H and O–H groups in total. The lowest BCUT2D eigenvalue weighted by Crippen LogP contribution is -2.46. The molecule has 0 amide bonds. The maximum atomic E-state index is 11.1. The van der Waals surface area contributed by atoms with Gasteiger partial charge in [-0.15, -0.1) is 0 Å². The molecule has 1 aliphatic rings. The number of aromatic carboxylic acids is 1. The Bertz CT molecular complexity index is 683. The predicted octanol–water partition coefficient (Wildman–Crippen LogP) is 3.36. The van der Waals surface area contributed by atoms with Crippen LogP contribution in [0.2, 0.25) is 5.02 Å². The zero-order valence-corrected chi connectivity index (χ0v) is 13.5. The van der Waals surface area contributed by atoms with Crippen molar-refractivity contribution in [3.63, 3.8) is 0 Å². The first-order chi connectivity index (χ1) is 11.1. The molecule has 0 bridgehead atoms. The Hall–Kier alpha value is -2.04. The molecule has 0 saturated carbocycles. The third kappa shape index (κ3) is 3.84. The fraction of sp³-hybridized carbons (Fsp3) is 0.278. The Morgan fingerprint density at radius 3 is 2.39 bits per heavy atom. The lowest BCUT2D eigenvalue weighted by Gasteiger charge is -2.36. The Morgan fingerprint density at radius 1 is 1.04 bits per heavy atom. The van der Waals surface area contributed by atoms with Gasteiger partial charge in [0.25, 0.3) is 0 Å². The average Bonchev–Trinajstić information content (AvgIpc) is 2.57. The van der Waals surface area contributed by atoms with Crippen LogP contribution in [0.4, 0.5) is 5.69 Å². The van der Waals surface area contributed by atoms with Crippen LogP contribution >= 0.6 is 11.6 Å². The Morgan fingerprint density at radius 2 is 1.74 bits per heavy atom. The van der Waals surface area contributed by atoms with Crippen LogP contribution in [0.5, 0.6) is 0 Å². The lowest BCUT2D eigenvalue weighted by molar-refractivity contribution is 0.0697. The number of rotatable bonds is 4. The summed E-state index contributed by atoms with van der Waals surface area (Å²) in [4.78, 5) is 15.7. The van der Waals surface area contributed by atoms with E-state index in [2.05, 4.69) is 34.1 Å². The molecule has 4 nitrogen and oxygen atoms in total. The average molecular weight is 331 g/mol. The van der Waals surface area contributed by atoms with Crippen molar-refractivity contribution in [2.24, 2.45) is 0 Å². The number of benzene rings is 2. The topological polar surface area (TPSA) is 43.8 Å². The first-order valence-corrected chi connectivity index (χ1v) is 8.05. The minimum atomic E-state index is -0.925. The second-order valence-electron chi connectivity index (χ2n) is 5.72. The van der Waals surface area contributed by atoms with Crippen molar-refractivity contribution < 1.29 is 9.90 Å². The summed E-state index contributed by atoms with van der Waals surface area (Å²) in [7, 11) is 0. The van der Waals surface area contributed by atoms with Crippen molar-refractivity contribution in [1.82, 2.24) is 4.90 Å². The molecule has 0 spiro atoms. The molecule has 0 radical (unpaired) electrons. The monoisotopic (exact) mass is 330 g/mol. The molecule has 0 atom stereocenters. The van der Waals surface area contributed by atoms with Crippen molar-refractivity contribution >= 4 is 23.3 Å². The van der Waals surface area contributed by atoms with Gasteiger partial charge in [0.05, 0.1) is 16.3 Å². The second kappa shape index (κ2) is 7.02. The molecule has 2 aromatic carbocycles. The van der Waals surface area contributed by atoms with Crippen LogP contribution in [0.25, 0.3) is 0 Å². The van der Waals surface area contributed by atoms with Crippen LogP contribution in [0.15, 0.2) is 48.5 Å². The maximum absolute atomic E-state index is 11.1. The molecule has 1 heterocycles. The number of anilines is 1. The zero-order chi connectivity index (χ0) is 16.2. The summed E-state index contributed by atoms with van der Waals surface area (Å²) in [6.07, 6.45) is 0. The van der Waals surface area contributed by atoms with Gasteiger partial charge in [-0.25, -0.2) is 4.79 Å². The number of carboxylic acid groups (broad SMARTS) is 1. The molecule has 3 rings (SSSR count). The molecule has 0 aliphatic carbocycles. The number of halogens is 1. The largest absolute Gasteiger partial charge is 0.478 e. The number of hydrogen-bond acceptors (Lipinski definition) is 3. The predicted molar refractivity (Wildman–Crippen MR) is 92.3 cm³/mol. The van der Waals surface area contributed by atoms with Crippen molar-refractivity contribution in [2.75, 3.05) is 31.1 Å². The smallest absolute Gasteiger partial charge is 0.335 e. The first-order valence-electron chi connectivity index (χ1n) is 7.67. The highest BCUT2D eigenvalue weighted by Gasteiger charge is 2.20. The molecular weight excluding hydrogens is 312 g/mol. The van der Waals surface area contributed by atoms with E-state index in [9.17, 15) is 4.79 Å². The van der Waals surface area contributed by atoms with Crippen LogP contribution in [-0.4, -0.2) is 42.2 Å². The van der Waals surface area contributed by atoms with E-state index in [-0.39, 0.29) is 5.56 Å². The fourth-order valence-electron chi connectivity index (χ4n) is 2.88. The van der Waals surface area contributed by atoms with E-state index in [0.717, 1.165) is 38.4 Å². The minimum absolute atomic E-state index is 0.274. The maximum Gasteiger partial charge on any atom is 0.335 e. The van der Waals surface area contributed by atoms with Gasteiger partial charge in [0.2, 0.25) is 0 Å². The Balaban J connectivity index is 1.65. The summed E-state index contributed by atoms with van der Waals surface area (Å²) in [5.41, 5.74) is 2.40. The van der Waals surface area contributed by atoms with E-state index in [1.54, 1.807) is 18.2 Å². The third-order valence-corrected chi connectivity index (χ3v) is 4.47. The van der Waals surface area contributed by atoms with Gasteiger partial charge in [0, 0.05) is 32.7 Å². The van der Waals surface area contributed by atoms with E-state index >= 15 is 0 Å². The summed E-state index contributed by atoms with van der Waals surface area (Å²) in [6.45, 7) is 4.49. The number of carbonyl (C=O) groups is 1. The molecule has 0 aromatic heterocycles. The summed E-state index contributed by atoms with van der Waals surface area (Å²) < 4.78 is 0. The number of piperazine rings is 1. The number of nitrogens with zero attached hydrogens (tertiary/aromatic N) is 2. The molecule has 0 unspecified atom stereocenters. The third-order valence-electron chi connectivity index (χ3n) is 4.16. The highest BCUT2D eigenvalue weighted by Crippen LogP contribution is 2.28. The SMILES string of the molecule is O=C(O)c1ccc(Cl)c(N2CCN(Cc3ccccc3)CC2)c1. The molecule has 5 heteroatoms. The zero-order valence-electron chi connectivity index (χ0n) is 12.8. The van der Waals surface area contributed by atoms with Crippen LogP contribution in [0.3, 0.4) is 0 Å². The van der Waals surface area contributed by atoms with E-state index in [0.29, 0.717) is 5.02 Å². The van der Waals surface area contributed by atoms with Gasteiger partial charge in [-0.3, -0.25) is 4.90 Å². The molecule has 2 aromatic rings. The number of hydrogen-bond donors (Lipinski definition) is 1. The van der Waals surface area contributed by atoms with E-state index < -0.39 is 5.97 Å². The van der Waals surface area contributed by atoms with Gasteiger partial charge in [-0.05, 0) is 23.8 Å². The minimum Gasteiger partial charge on any atom is -0.478 e. The van der Waals surface area contributed by atoms with Gasteiger partial charge in [-0.1, -0.05) is 41.9 Å². The van der Waals surface area contributed by atoms with E-state index in [4.69, 9.17) is 16.7 Å². The number of carboxylic acids is 1. The molecule has 1 aliphatic heterocycles. The Kier molecular flexibility index (Phi) is 4.84. The highest BCUT2D eigenvalue weighted by molar-refractivity contribution is 6.33. The second-order valence-corrected chi connectivity index (χ2v) is 6.13. The molecule has 1 fully saturated rings. The van der Waals surface area contributed by atoms with Crippen molar-refractivity contribution in [2.45, 2.75) is 6.54 Å². The van der Waals surface area contributed by atoms with Gasteiger partial charge in [-0.2, -0.15) is 0 Å². The van der Waals surface area contributed by atoms with E-state index in [1.165, 1.54) is 5.56 Å². The standard InChI is InChI=1S/C18H19ClN2O2/c19-16-7-6-15(18(22)23)12-17(16)21-10-8-20(9-11-21)13-14-4-2-1-3-5-14/h1-7,12H,8-11,13H2,(H,22,23). The van der Waals surface area contributed by atoms with Crippen LogP contribution in [-0.2, 0) is 6.54 Å². The summed E-state index contributed by atoms with van der Waals surface area (Å²) in [5, 5.41) is 9.74. The molecule has 120 valence electrons. The molecular formula is C18H19ClN2O2. The van der Waals surface area contributed by atoms with Gasteiger partial charge in [0.1, 0.15) is 0 Å². The molecule has 23 heavy (non-hydrogen) atoms. The highest BCUT2D eigenvalue weighted by atomic mass is 35.5. The fourth-order valence-corrected chi connectivity index (χ4v) is 3.11. The summed E-state index contributed by atoms with van der Waals surface area (Å²) in [6, 6.07) is 15.3. The van der Waals surface area contributed by atoms with Crippen LogP contribution in [0, 0.1) is 0 Å². The van der Waals surface area contributed by atoms with Crippen molar-refractivity contribution in [3.8, 4) is 0 Å². The van der Waals surface area contributed by atoms with Crippen LogP contribution < -0.4 is 4.90 Å². The summed E-state index contributed by atoms with van der Waals surface area (Å²) >= 11 is 6.25. The van der Waals surface area contributed by atoms with Gasteiger partial charge in [0.15, 0.2) is 0 Å².